The zero-order valence-corrected chi connectivity index (χ0v) is 29.7. The van der Waals surface area contributed by atoms with E-state index >= 15 is 0 Å². The van der Waals surface area contributed by atoms with Crippen LogP contribution in [0.2, 0.25) is 0 Å². The Hall–Kier alpha value is -5.80. The van der Waals surface area contributed by atoms with Crippen molar-refractivity contribution in [3.63, 3.8) is 0 Å². The van der Waals surface area contributed by atoms with Gasteiger partial charge < -0.3 is 9.30 Å². The van der Waals surface area contributed by atoms with E-state index in [2.05, 4.69) is 173 Å². The van der Waals surface area contributed by atoms with Crippen LogP contribution < -0.4 is 21.1 Å². The van der Waals surface area contributed by atoms with E-state index in [4.69, 9.17) is 4.74 Å². The summed E-state index contributed by atoms with van der Waals surface area (Å²) in [7, 11) is 0. The molecule has 0 radical (unpaired) electrons. The monoisotopic (exact) mass is 655 g/mol. The van der Waals surface area contributed by atoms with Crippen LogP contribution in [0, 0.1) is 20.8 Å². The van der Waals surface area contributed by atoms with Crippen LogP contribution in [-0.2, 0) is 0 Å². The third kappa shape index (κ3) is 4.51. The van der Waals surface area contributed by atoms with Gasteiger partial charge >= 0.3 is 0 Å². The first-order valence-corrected chi connectivity index (χ1v) is 18.2. The highest BCUT2D eigenvalue weighted by atomic mass is 16.5. The number of benzene rings is 7. The number of aromatic nitrogens is 1. The summed E-state index contributed by atoms with van der Waals surface area (Å²) in [6.45, 7) is 11.2. The Kier molecular flexibility index (Phi) is 6.55. The SMILES string of the molecule is Cc1cc(C)c(-c2ccc3c(c2)B2c4c(cc(C(C)C)cc4-n4c5ccc(-c6ccccc6)cc5c5cc(-c6ccccc6)cc2c54)O3)c(C)c1. The van der Waals surface area contributed by atoms with Crippen molar-refractivity contribution in [1.82, 2.24) is 4.57 Å². The number of fused-ring (bicyclic) bond motifs is 7. The summed E-state index contributed by atoms with van der Waals surface area (Å²) >= 11 is 0. The molecule has 8 aromatic rings. The van der Waals surface area contributed by atoms with Crippen LogP contribution in [0.4, 0.5) is 0 Å². The van der Waals surface area contributed by atoms with E-state index in [0.717, 1.165) is 11.5 Å². The summed E-state index contributed by atoms with van der Waals surface area (Å²) in [5, 5.41) is 2.56. The van der Waals surface area contributed by atoms with Gasteiger partial charge in [-0.15, -0.1) is 0 Å². The third-order valence-electron chi connectivity index (χ3n) is 11.3. The van der Waals surface area contributed by atoms with Crippen molar-refractivity contribution in [1.29, 1.82) is 0 Å². The maximum Gasteiger partial charge on any atom is 0.256 e. The first kappa shape index (κ1) is 30.1. The van der Waals surface area contributed by atoms with Gasteiger partial charge in [0.1, 0.15) is 11.5 Å². The van der Waals surface area contributed by atoms with Crippen LogP contribution in [0.5, 0.6) is 11.5 Å². The van der Waals surface area contributed by atoms with E-state index in [9.17, 15) is 0 Å². The van der Waals surface area contributed by atoms with Gasteiger partial charge in [0.05, 0.1) is 5.52 Å². The normalized spacial score (nSPS) is 12.7. The van der Waals surface area contributed by atoms with Gasteiger partial charge in [-0.1, -0.05) is 116 Å². The van der Waals surface area contributed by atoms with Crippen LogP contribution in [0.3, 0.4) is 0 Å². The lowest BCUT2D eigenvalue weighted by Gasteiger charge is -2.34. The highest BCUT2D eigenvalue weighted by molar-refractivity contribution is 6.99. The Bertz CT molecular complexity index is 2700. The maximum atomic E-state index is 6.96. The van der Waals surface area contributed by atoms with Crippen LogP contribution >= 0.6 is 0 Å². The fourth-order valence-corrected chi connectivity index (χ4v) is 9.04. The predicted octanol–water partition coefficient (Wildman–Crippen LogP) is 10.8. The van der Waals surface area contributed by atoms with Gasteiger partial charge in [0.25, 0.3) is 6.71 Å². The molecule has 0 saturated carbocycles. The van der Waals surface area contributed by atoms with Gasteiger partial charge in [-0.25, -0.2) is 0 Å². The zero-order valence-electron chi connectivity index (χ0n) is 29.7. The van der Waals surface area contributed by atoms with Crippen LogP contribution in [0.1, 0.15) is 42.0 Å². The van der Waals surface area contributed by atoms with Gasteiger partial charge in [-0.3, -0.25) is 0 Å². The molecule has 51 heavy (non-hydrogen) atoms. The van der Waals surface area contributed by atoms with Crippen molar-refractivity contribution in [3.05, 3.63) is 156 Å². The Labute approximate surface area is 300 Å². The molecule has 0 bridgehead atoms. The van der Waals surface area contributed by atoms with E-state index < -0.39 is 0 Å². The molecule has 0 aliphatic carbocycles. The molecule has 7 aromatic carbocycles. The summed E-state index contributed by atoms with van der Waals surface area (Å²) in [4.78, 5) is 0. The molecular formula is C48H38BNO. The number of nitrogens with zero attached hydrogens (tertiary/aromatic N) is 1. The van der Waals surface area contributed by atoms with Crippen LogP contribution in [0.15, 0.2) is 133 Å². The van der Waals surface area contributed by atoms with E-state index in [1.54, 1.807) is 0 Å². The number of aryl methyl sites for hydroxylation is 3. The Morgan fingerprint density at radius 3 is 1.90 bits per heavy atom. The summed E-state index contributed by atoms with van der Waals surface area (Å²) in [5.74, 6) is 2.27. The lowest BCUT2D eigenvalue weighted by molar-refractivity contribution is 0.486. The number of ether oxygens (including phenoxy) is 1. The quantitative estimate of drug-likeness (QED) is 0.172. The van der Waals surface area contributed by atoms with E-state index in [0.29, 0.717) is 5.92 Å². The summed E-state index contributed by atoms with van der Waals surface area (Å²) in [6, 6.07) is 49.7. The van der Waals surface area contributed by atoms with Gasteiger partial charge in [-0.2, -0.15) is 0 Å². The van der Waals surface area contributed by atoms with Crippen molar-refractivity contribution in [2.75, 3.05) is 0 Å². The van der Waals surface area contributed by atoms with Crippen LogP contribution in [0.25, 0.3) is 60.9 Å². The lowest BCUT2D eigenvalue weighted by Crippen LogP contribution is -2.58. The average Bonchev–Trinajstić information content (AvgIpc) is 3.47. The molecular weight excluding hydrogens is 617 g/mol. The van der Waals surface area contributed by atoms with Crippen molar-refractivity contribution < 1.29 is 4.74 Å². The number of hydrogen-bond donors (Lipinski definition) is 0. The highest BCUT2D eigenvalue weighted by Crippen LogP contribution is 2.42. The van der Waals surface area contributed by atoms with E-state index in [1.165, 1.54) is 99.5 Å². The molecule has 2 nitrogen and oxygen atoms in total. The largest absolute Gasteiger partial charge is 0.458 e. The second-order valence-electron chi connectivity index (χ2n) is 14.9. The van der Waals surface area contributed by atoms with E-state index in [-0.39, 0.29) is 6.71 Å². The van der Waals surface area contributed by atoms with Gasteiger partial charge in [0.15, 0.2) is 0 Å². The zero-order chi connectivity index (χ0) is 34.5. The van der Waals surface area contributed by atoms with Gasteiger partial charge in [0, 0.05) is 22.0 Å². The molecule has 1 aromatic heterocycles. The Morgan fingerprint density at radius 1 is 0.549 bits per heavy atom. The Balaban J connectivity index is 1.33. The molecule has 0 spiro atoms. The maximum absolute atomic E-state index is 6.96. The van der Waals surface area contributed by atoms with Crippen LogP contribution in [-0.4, -0.2) is 11.3 Å². The number of rotatable bonds is 4. The summed E-state index contributed by atoms with van der Waals surface area (Å²) in [6.07, 6.45) is 0. The average molecular weight is 656 g/mol. The number of hydrogen-bond acceptors (Lipinski definition) is 1. The van der Waals surface area contributed by atoms with Crippen molar-refractivity contribution >= 4 is 44.9 Å². The predicted molar refractivity (Wildman–Crippen MR) is 217 cm³/mol. The fourth-order valence-electron chi connectivity index (χ4n) is 9.04. The molecule has 2 aliphatic heterocycles. The van der Waals surface area contributed by atoms with Crippen molar-refractivity contribution in [2.45, 2.75) is 40.5 Å². The molecule has 2 aliphatic rings. The molecule has 3 heterocycles. The standard InChI is InChI=1S/C48H38BNO/c1-28(2)36-26-43-47-45(27-36)51-44-19-17-35(46-30(4)20-29(3)21-31(46)5)24-40(44)49(47)41-25-37(33-14-10-7-11-15-33)23-39-38-22-34(32-12-8-6-9-13-32)16-18-42(38)50(43)48(39)41/h6-28H,1-5H3. The molecule has 0 unspecified atom stereocenters. The summed E-state index contributed by atoms with van der Waals surface area (Å²) < 4.78 is 9.50. The molecule has 0 N–H and O–H groups in total. The first-order valence-electron chi connectivity index (χ1n) is 18.2. The van der Waals surface area contributed by atoms with Crippen molar-refractivity contribution in [2.24, 2.45) is 0 Å². The molecule has 3 heteroatoms. The molecule has 244 valence electrons. The molecule has 0 amide bonds. The second kappa shape index (κ2) is 11.1. The fraction of sp³-hybridized carbons (Fsp3) is 0.125. The second-order valence-corrected chi connectivity index (χ2v) is 14.9. The first-order chi connectivity index (χ1) is 24.8. The molecule has 0 saturated heterocycles. The van der Waals surface area contributed by atoms with Crippen molar-refractivity contribution in [3.8, 4) is 50.6 Å². The minimum absolute atomic E-state index is 0.0162. The minimum Gasteiger partial charge on any atom is -0.458 e. The minimum atomic E-state index is 0.0162. The topological polar surface area (TPSA) is 14.2 Å². The van der Waals surface area contributed by atoms with E-state index in [1.807, 2.05) is 0 Å². The smallest absolute Gasteiger partial charge is 0.256 e. The van der Waals surface area contributed by atoms with Gasteiger partial charge in [-0.05, 0) is 130 Å². The lowest BCUT2D eigenvalue weighted by atomic mass is 9.34. The third-order valence-corrected chi connectivity index (χ3v) is 11.3. The molecule has 10 rings (SSSR count). The highest BCUT2D eigenvalue weighted by Gasteiger charge is 2.41. The Morgan fingerprint density at radius 2 is 1.20 bits per heavy atom. The molecule has 0 fully saturated rings. The molecule has 0 atom stereocenters. The summed E-state index contributed by atoms with van der Waals surface area (Å²) in [5.41, 5.74) is 20.2. The van der Waals surface area contributed by atoms with Gasteiger partial charge in [0.2, 0.25) is 0 Å².